The van der Waals surface area contributed by atoms with Gasteiger partial charge in [0.25, 0.3) is 0 Å². The zero-order valence-corrected chi connectivity index (χ0v) is 15.5. The molecule has 1 rings (SSSR count). The summed E-state index contributed by atoms with van der Waals surface area (Å²) >= 11 is 1.03. The number of carbonyl (C=O) groups is 3. The van der Waals surface area contributed by atoms with Crippen molar-refractivity contribution in [3.63, 3.8) is 0 Å². The van der Waals surface area contributed by atoms with Crippen molar-refractivity contribution in [2.45, 2.75) is 52.4 Å². The number of methoxy groups -OCH3 is 2. The quantitative estimate of drug-likeness (QED) is 0.536. The molecule has 0 bridgehead atoms. The van der Waals surface area contributed by atoms with Crippen LogP contribution in [0.4, 0.5) is 5.00 Å². The van der Waals surface area contributed by atoms with Gasteiger partial charge >= 0.3 is 11.9 Å². The van der Waals surface area contributed by atoms with Gasteiger partial charge in [-0.2, -0.15) is 0 Å². The van der Waals surface area contributed by atoms with Crippen LogP contribution in [-0.2, 0) is 14.3 Å². The van der Waals surface area contributed by atoms with Crippen LogP contribution in [0.1, 0.15) is 71.0 Å². The normalized spacial score (nSPS) is 10.3. The molecule has 0 aliphatic rings. The SMILES string of the molecule is CCCCCCCC(=O)Nc1sc(C(=O)OC)c(C)c1C(=O)OC. The summed E-state index contributed by atoms with van der Waals surface area (Å²) in [5, 5.41) is 3.06. The van der Waals surface area contributed by atoms with Gasteiger partial charge in [0.15, 0.2) is 0 Å². The Bertz CT molecular complexity index is 594. The number of nitrogens with one attached hydrogen (secondary N) is 1. The monoisotopic (exact) mass is 355 g/mol. The first-order valence-electron chi connectivity index (χ1n) is 8.06. The molecular weight excluding hydrogens is 330 g/mol. The van der Waals surface area contributed by atoms with Crippen molar-refractivity contribution < 1.29 is 23.9 Å². The van der Waals surface area contributed by atoms with Gasteiger partial charge in [-0.05, 0) is 18.9 Å². The number of thiophene rings is 1. The standard InChI is InChI=1S/C17H25NO5S/c1-5-6-7-8-9-10-12(19)18-15-13(16(20)22-3)11(2)14(24-15)17(21)23-4/h5-10H2,1-4H3,(H,18,19). The molecule has 0 aromatic carbocycles. The minimum absolute atomic E-state index is 0.172. The second-order valence-corrected chi connectivity index (χ2v) is 6.48. The van der Waals surface area contributed by atoms with Crippen molar-refractivity contribution in [3.05, 3.63) is 16.0 Å². The highest BCUT2D eigenvalue weighted by Crippen LogP contribution is 2.34. The van der Waals surface area contributed by atoms with E-state index >= 15 is 0 Å². The second kappa shape index (κ2) is 10.1. The Morgan fingerprint density at radius 1 is 1.00 bits per heavy atom. The highest BCUT2D eigenvalue weighted by atomic mass is 32.1. The Hall–Kier alpha value is -1.89. The van der Waals surface area contributed by atoms with Crippen molar-refractivity contribution in [1.82, 2.24) is 0 Å². The van der Waals surface area contributed by atoms with E-state index in [1.165, 1.54) is 20.6 Å². The van der Waals surface area contributed by atoms with Crippen LogP contribution in [0.5, 0.6) is 0 Å². The van der Waals surface area contributed by atoms with Crippen molar-refractivity contribution in [3.8, 4) is 0 Å². The van der Waals surface area contributed by atoms with Crippen LogP contribution >= 0.6 is 11.3 Å². The molecule has 1 N–H and O–H groups in total. The molecule has 1 aromatic rings. The van der Waals surface area contributed by atoms with E-state index in [-0.39, 0.29) is 16.3 Å². The first-order valence-corrected chi connectivity index (χ1v) is 8.87. The summed E-state index contributed by atoms with van der Waals surface area (Å²) in [6.45, 7) is 3.77. The molecule has 0 atom stereocenters. The van der Waals surface area contributed by atoms with Gasteiger partial charge in [0, 0.05) is 6.42 Å². The molecule has 0 saturated carbocycles. The molecular formula is C17H25NO5S. The summed E-state index contributed by atoms with van der Waals surface area (Å²) in [5.41, 5.74) is 0.666. The number of hydrogen-bond donors (Lipinski definition) is 1. The topological polar surface area (TPSA) is 81.7 Å². The van der Waals surface area contributed by atoms with Gasteiger partial charge < -0.3 is 14.8 Å². The molecule has 7 heteroatoms. The maximum absolute atomic E-state index is 12.1. The van der Waals surface area contributed by atoms with Crippen LogP contribution in [0.25, 0.3) is 0 Å². The maximum atomic E-state index is 12.1. The number of amides is 1. The number of rotatable bonds is 9. The second-order valence-electron chi connectivity index (χ2n) is 5.46. The van der Waals surface area contributed by atoms with E-state index in [2.05, 4.69) is 12.2 Å². The molecule has 0 aliphatic heterocycles. The lowest BCUT2D eigenvalue weighted by Crippen LogP contribution is -2.13. The summed E-state index contributed by atoms with van der Waals surface area (Å²) in [4.78, 5) is 36.2. The fourth-order valence-electron chi connectivity index (χ4n) is 2.32. The van der Waals surface area contributed by atoms with Gasteiger partial charge in [0.2, 0.25) is 5.91 Å². The van der Waals surface area contributed by atoms with Gasteiger partial charge in [-0.3, -0.25) is 4.79 Å². The first-order chi connectivity index (χ1) is 11.5. The number of anilines is 1. The third kappa shape index (κ3) is 5.33. The lowest BCUT2D eigenvalue weighted by Gasteiger charge is -2.06. The predicted molar refractivity (Wildman–Crippen MR) is 93.7 cm³/mol. The van der Waals surface area contributed by atoms with E-state index in [0.29, 0.717) is 17.0 Å². The van der Waals surface area contributed by atoms with Crippen molar-refractivity contribution >= 4 is 34.2 Å². The first kappa shape index (κ1) is 20.2. The minimum atomic E-state index is -0.586. The van der Waals surface area contributed by atoms with Gasteiger partial charge in [-0.15, -0.1) is 11.3 Å². The predicted octanol–water partition coefficient (Wildman–Crippen LogP) is 3.93. The Kier molecular flexibility index (Phi) is 8.46. The van der Waals surface area contributed by atoms with Crippen molar-refractivity contribution in [1.29, 1.82) is 0 Å². The Morgan fingerprint density at radius 2 is 1.62 bits per heavy atom. The number of carbonyl (C=O) groups excluding carboxylic acids is 3. The van der Waals surface area contributed by atoms with E-state index in [1.807, 2.05) is 0 Å². The molecule has 0 aliphatic carbocycles. The molecule has 0 radical (unpaired) electrons. The average molecular weight is 355 g/mol. The van der Waals surface area contributed by atoms with Gasteiger partial charge in [0.05, 0.1) is 19.8 Å². The average Bonchev–Trinajstić information content (AvgIpc) is 2.89. The number of ether oxygens (including phenoxy) is 2. The van der Waals surface area contributed by atoms with Gasteiger partial charge in [-0.1, -0.05) is 32.6 Å². The highest BCUT2D eigenvalue weighted by molar-refractivity contribution is 7.18. The molecule has 1 aromatic heterocycles. The zero-order chi connectivity index (χ0) is 18.1. The molecule has 0 saturated heterocycles. The van der Waals surface area contributed by atoms with E-state index in [9.17, 15) is 14.4 Å². The molecule has 0 spiro atoms. The van der Waals surface area contributed by atoms with E-state index < -0.39 is 11.9 Å². The summed E-state index contributed by atoms with van der Waals surface area (Å²) in [6, 6.07) is 0. The van der Waals surface area contributed by atoms with Crippen LogP contribution in [0.3, 0.4) is 0 Å². The zero-order valence-electron chi connectivity index (χ0n) is 14.7. The third-order valence-corrected chi connectivity index (χ3v) is 4.85. The van der Waals surface area contributed by atoms with Gasteiger partial charge in [-0.25, -0.2) is 9.59 Å². The lowest BCUT2D eigenvalue weighted by atomic mass is 10.1. The van der Waals surface area contributed by atoms with E-state index in [1.54, 1.807) is 6.92 Å². The molecule has 0 unspecified atom stereocenters. The summed E-state index contributed by atoms with van der Waals surface area (Å²) < 4.78 is 9.47. The number of hydrogen-bond acceptors (Lipinski definition) is 6. The van der Waals surface area contributed by atoms with Crippen LogP contribution in [0.15, 0.2) is 0 Å². The smallest absolute Gasteiger partial charge is 0.348 e. The largest absolute Gasteiger partial charge is 0.465 e. The summed E-state index contributed by atoms with van der Waals surface area (Å²) in [6.07, 6.45) is 5.62. The molecule has 6 nitrogen and oxygen atoms in total. The number of unbranched alkanes of at least 4 members (excludes halogenated alkanes) is 4. The molecule has 134 valence electrons. The van der Waals surface area contributed by atoms with Crippen molar-refractivity contribution in [2.24, 2.45) is 0 Å². The Morgan fingerprint density at radius 3 is 2.21 bits per heavy atom. The summed E-state index contributed by atoms with van der Waals surface area (Å²) in [7, 11) is 2.53. The Balaban J connectivity index is 2.84. The van der Waals surface area contributed by atoms with Crippen molar-refractivity contribution in [2.75, 3.05) is 19.5 Å². The van der Waals surface area contributed by atoms with Crippen LogP contribution in [0, 0.1) is 6.92 Å². The fraction of sp³-hybridized carbons (Fsp3) is 0.588. The Labute approximate surface area is 146 Å². The molecule has 1 heterocycles. The molecule has 0 fully saturated rings. The minimum Gasteiger partial charge on any atom is -0.465 e. The van der Waals surface area contributed by atoms with Crippen LogP contribution < -0.4 is 5.32 Å². The van der Waals surface area contributed by atoms with Crippen LogP contribution in [0.2, 0.25) is 0 Å². The fourth-order valence-corrected chi connectivity index (χ4v) is 3.44. The molecule has 1 amide bonds. The van der Waals surface area contributed by atoms with E-state index in [4.69, 9.17) is 9.47 Å². The molecule has 24 heavy (non-hydrogen) atoms. The van der Waals surface area contributed by atoms with E-state index in [0.717, 1.165) is 37.0 Å². The lowest BCUT2D eigenvalue weighted by molar-refractivity contribution is -0.116. The maximum Gasteiger partial charge on any atom is 0.348 e. The number of esters is 2. The van der Waals surface area contributed by atoms with Crippen LogP contribution in [-0.4, -0.2) is 32.1 Å². The van der Waals surface area contributed by atoms with Gasteiger partial charge in [0.1, 0.15) is 9.88 Å². The third-order valence-electron chi connectivity index (χ3n) is 3.67. The summed E-state index contributed by atoms with van der Waals surface area (Å²) in [5.74, 6) is -1.30. The highest BCUT2D eigenvalue weighted by Gasteiger charge is 2.26.